The number of nitrogens with one attached hydrogen (secondary N) is 1. The highest BCUT2D eigenvalue weighted by Crippen LogP contribution is 2.24. The average Bonchev–Trinajstić information content (AvgIpc) is 2.93. The predicted octanol–water partition coefficient (Wildman–Crippen LogP) is 2.00. The summed E-state index contributed by atoms with van der Waals surface area (Å²) in [6.07, 6.45) is 1.43. The lowest BCUT2D eigenvalue weighted by Gasteiger charge is -2.14. The third-order valence-electron chi connectivity index (χ3n) is 3.97. The van der Waals surface area contributed by atoms with E-state index in [0.29, 0.717) is 5.69 Å². The molecule has 0 aliphatic carbocycles. The van der Waals surface area contributed by atoms with Crippen molar-refractivity contribution in [3.05, 3.63) is 54.1 Å². The smallest absolute Gasteiger partial charge is 0.255 e. The second-order valence-corrected chi connectivity index (χ2v) is 7.88. The van der Waals surface area contributed by atoms with Crippen molar-refractivity contribution in [2.75, 3.05) is 16.5 Å². The molecule has 0 aromatic heterocycles. The number of imide groups is 1. The van der Waals surface area contributed by atoms with Crippen LogP contribution in [0.1, 0.15) is 23.2 Å². The van der Waals surface area contributed by atoms with Gasteiger partial charge in [-0.1, -0.05) is 12.1 Å². The van der Waals surface area contributed by atoms with E-state index < -0.39 is 15.7 Å². The van der Waals surface area contributed by atoms with Gasteiger partial charge in [-0.05, 0) is 36.4 Å². The minimum absolute atomic E-state index is 0.0261. The Morgan fingerprint density at radius 3 is 2.12 bits per heavy atom. The van der Waals surface area contributed by atoms with Crippen LogP contribution in [-0.4, -0.2) is 32.4 Å². The van der Waals surface area contributed by atoms with Gasteiger partial charge >= 0.3 is 0 Å². The van der Waals surface area contributed by atoms with Crippen molar-refractivity contribution in [1.82, 2.24) is 0 Å². The monoisotopic (exact) mass is 372 g/mol. The molecule has 0 spiro atoms. The Kier molecular flexibility index (Phi) is 4.60. The molecule has 0 atom stereocenters. The van der Waals surface area contributed by atoms with E-state index >= 15 is 0 Å². The Morgan fingerprint density at radius 2 is 1.54 bits per heavy atom. The number of anilines is 2. The van der Waals surface area contributed by atoms with Gasteiger partial charge in [-0.3, -0.25) is 19.3 Å². The summed E-state index contributed by atoms with van der Waals surface area (Å²) in [5.74, 6) is -1.03. The molecule has 0 bridgehead atoms. The maximum absolute atomic E-state index is 12.4. The number of rotatable bonds is 4. The van der Waals surface area contributed by atoms with Gasteiger partial charge in [-0.25, -0.2) is 8.42 Å². The molecule has 7 nitrogen and oxygen atoms in total. The normalized spacial score (nSPS) is 14.6. The fraction of sp³-hybridized carbons (Fsp3) is 0.167. The second-order valence-electron chi connectivity index (χ2n) is 5.89. The number of benzene rings is 2. The van der Waals surface area contributed by atoms with Crippen LogP contribution in [0.3, 0.4) is 0 Å². The van der Waals surface area contributed by atoms with Gasteiger partial charge in [-0.2, -0.15) is 0 Å². The first kappa shape index (κ1) is 17.8. The number of hydrogen-bond donors (Lipinski definition) is 1. The lowest BCUT2D eigenvalue weighted by Crippen LogP contribution is -2.28. The molecular formula is C18H16N2O5S. The summed E-state index contributed by atoms with van der Waals surface area (Å²) in [4.78, 5) is 37.0. The van der Waals surface area contributed by atoms with Crippen LogP contribution < -0.4 is 10.2 Å². The summed E-state index contributed by atoms with van der Waals surface area (Å²) in [6.45, 7) is 0. The fourth-order valence-corrected chi connectivity index (χ4v) is 3.56. The topological polar surface area (TPSA) is 101 Å². The largest absolute Gasteiger partial charge is 0.321 e. The van der Waals surface area contributed by atoms with Crippen molar-refractivity contribution >= 4 is 38.9 Å². The molecule has 1 N–H and O–H groups in total. The highest BCUT2D eigenvalue weighted by Gasteiger charge is 2.30. The second kappa shape index (κ2) is 6.72. The summed E-state index contributed by atoms with van der Waals surface area (Å²) in [7, 11) is -3.49. The minimum Gasteiger partial charge on any atom is -0.321 e. The molecule has 2 aromatic carbocycles. The van der Waals surface area contributed by atoms with E-state index in [0.717, 1.165) is 11.2 Å². The summed E-state index contributed by atoms with van der Waals surface area (Å²) in [6, 6.07) is 12.1. The Bertz CT molecular complexity index is 980. The number of hydrogen-bond acceptors (Lipinski definition) is 5. The number of para-hydroxylation sites is 1. The molecule has 1 fully saturated rings. The highest BCUT2D eigenvalue weighted by atomic mass is 32.2. The molecule has 3 rings (SSSR count). The van der Waals surface area contributed by atoms with E-state index in [1.807, 2.05) is 0 Å². The molecule has 0 unspecified atom stereocenters. The first-order valence-electron chi connectivity index (χ1n) is 7.83. The van der Waals surface area contributed by atoms with Gasteiger partial charge in [0.1, 0.15) is 0 Å². The van der Waals surface area contributed by atoms with E-state index in [-0.39, 0.29) is 40.8 Å². The standard InChI is InChI=1S/C18H16N2O5S/c1-26(24,25)15-5-3-2-4-14(15)19-18(23)12-6-8-13(9-7-12)20-16(21)10-11-17(20)22/h2-9H,10-11H2,1H3,(H,19,23). The van der Waals surface area contributed by atoms with E-state index in [1.165, 1.54) is 36.4 Å². The number of carbonyl (C=O) groups is 3. The number of amides is 3. The van der Waals surface area contributed by atoms with Crippen molar-refractivity contribution in [3.8, 4) is 0 Å². The van der Waals surface area contributed by atoms with Gasteiger partial charge in [0.25, 0.3) is 5.91 Å². The Labute approximate surface area is 150 Å². The highest BCUT2D eigenvalue weighted by molar-refractivity contribution is 7.90. The molecule has 1 saturated heterocycles. The third-order valence-corrected chi connectivity index (χ3v) is 5.13. The zero-order chi connectivity index (χ0) is 18.9. The zero-order valence-corrected chi connectivity index (χ0v) is 14.7. The number of carbonyl (C=O) groups excluding carboxylic acids is 3. The number of sulfone groups is 1. The minimum atomic E-state index is -3.49. The van der Waals surface area contributed by atoms with Crippen molar-refractivity contribution in [1.29, 1.82) is 0 Å². The Balaban J connectivity index is 1.82. The van der Waals surface area contributed by atoms with E-state index in [9.17, 15) is 22.8 Å². The van der Waals surface area contributed by atoms with Gasteiger partial charge in [-0.15, -0.1) is 0 Å². The predicted molar refractivity (Wildman–Crippen MR) is 95.7 cm³/mol. The van der Waals surface area contributed by atoms with Gasteiger partial charge in [0.15, 0.2) is 9.84 Å². The average molecular weight is 372 g/mol. The van der Waals surface area contributed by atoms with E-state index in [4.69, 9.17) is 0 Å². The SMILES string of the molecule is CS(=O)(=O)c1ccccc1NC(=O)c1ccc(N2C(=O)CCC2=O)cc1. The zero-order valence-electron chi connectivity index (χ0n) is 13.9. The van der Waals surface area contributed by atoms with Crippen molar-refractivity contribution in [2.24, 2.45) is 0 Å². The van der Waals surface area contributed by atoms with Gasteiger partial charge < -0.3 is 5.32 Å². The van der Waals surface area contributed by atoms with E-state index in [1.54, 1.807) is 12.1 Å². The summed E-state index contributed by atoms with van der Waals surface area (Å²) in [5, 5.41) is 2.57. The molecular weight excluding hydrogens is 356 g/mol. The van der Waals surface area contributed by atoms with Crippen LogP contribution >= 0.6 is 0 Å². The molecule has 134 valence electrons. The molecule has 1 aliphatic heterocycles. The molecule has 2 aromatic rings. The molecule has 26 heavy (non-hydrogen) atoms. The molecule has 8 heteroatoms. The molecule has 1 heterocycles. The van der Waals surface area contributed by atoms with Crippen LogP contribution in [0.5, 0.6) is 0 Å². The lowest BCUT2D eigenvalue weighted by molar-refractivity contribution is -0.121. The fourth-order valence-electron chi connectivity index (χ4n) is 2.71. The van der Waals surface area contributed by atoms with Crippen molar-refractivity contribution in [2.45, 2.75) is 17.7 Å². The lowest BCUT2D eigenvalue weighted by atomic mass is 10.1. The van der Waals surface area contributed by atoms with Crippen molar-refractivity contribution in [3.63, 3.8) is 0 Å². The first-order chi connectivity index (χ1) is 12.3. The van der Waals surface area contributed by atoms with Crippen LogP contribution in [0, 0.1) is 0 Å². The van der Waals surface area contributed by atoms with Crippen LogP contribution in [0.25, 0.3) is 0 Å². The quantitative estimate of drug-likeness (QED) is 0.827. The summed E-state index contributed by atoms with van der Waals surface area (Å²) >= 11 is 0. The maximum Gasteiger partial charge on any atom is 0.255 e. The summed E-state index contributed by atoms with van der Waals surface area (Å²) in [5.41, 5.74) is 0.871. The van der Waals surface area contributed by atoms with Gasteiger partial charge in [0, 0.05) is 24.7 Å². The molecule has 0 saturated carbocycles. The summed E-state index contributed by atoms with van der Waals surface area (Å²) < 4.78 is 23.6. The number of nitrogens with zero attached hydrogens (tertiary/aromatic N) is 1. The Hall–Kier alpha value is -3.00. The van der Waals surface area contributed by atoms with E-state index in [2.05, 4.69) is 5.32 Å². The first-order valence-corrected chi connectivity index (χ1v) is 9.73. The molecule has 3 amide bonds. The van der Waals surface area contributed by atoms with Crippen LogP contribution in [0.4, 0.5) is 11.4 Å². The molecule has 1 aliphatic rings. The van der Waals surface area contributed by atoms with Gasteiger partial charge in [0.2, 0.25) is 11.8 Å². The molecule has 0 radical (unpaired) electrons. The van der Waals surface area contributed by atoms with Gasteiger partial charge in [0.05, 0.1) is 16.3 Å². The maximum atomic E-state index is 12.4. The van der Waals surface area contributed by atoms with Crippen LogP contribution in [0.2, 0.25) is 0 Å². The van der Waals surface area contributed by atoms with Crippen LogP contribution in [-0.2, 0) is 19.4 Å². The Morgan fingerprint density at radius 1 is 0.962 bits per heavy atom. The van der Waals surface area contributed by atoms with Crippen molar-refractivity contribution < 1.29 is 22.8 Å². The third kappa shape index (κ3) is 3.50. The van der Waals surface area contributed by atoms with Crippen LogP contribution in [0.15, 0.2) is 53.4 Å².